The topological polar surface area (TPSA) is 96.7 Å². The number of sulfonamides is 1. The second kappa shape index (κ2) is 8.26. The Hall–Kier alpha value is -2.85. The van der Waals surface area contributed by atoms with E-state index in [4.69, 9.17) is 0 Å². The van der Waals surface area contributed by atoms with Gasteiger partial charge in [-0.15, -0.1) is 10.2 Å². The number of nitrogens with one attached hydrogen (secondary N) is 1. The Bertz CT molecular complexity index is 1140. The highest BCUT2D eigenvalue weighted by Gasteiger charge is 2.25. The largest absolute Gasteiger partial charge is 0.342 e. The fourth-order valence-corrected chi connectivity index (χ4v) is 3.92. The van der Waals surface area contributed by atoms with Crippen LogP contribution in [0.2, 0.25) is 0 Å². The highest BCUT2D eigenvalue weighted by Crippen LogP contribution is 2.22. The summed E-state index contributed by atoms with van der Waals surface area (Å²) in [5.74, 6) is -0.866. The molecule has 0 fully saturated rings. The fourth-order valence-electron chi connectivity index (χ4n) is 2.93. The molecule has 29 heavy (non-hydrogen) atoms. The first-order chi connectivity index (χ1) is 13.8. The molecule has 0 saturated heterocycles. The van der Waals surface area contributed by atoms with Crippen molar-refractivity contribution in [2.75, 3.05) is 14.1 Å². The summed E-state index contributed by atoms with van der Waals surface area (Å²) in [7, 11) is -1.42. The minimum atomic E-state index is -4.02. The van der Waals surface area contributed by atoms with Crippen molar-refractivity contribution in [2.45, 2.75) is 30.7 Å². The summed E-state index contributed by atoms with van der Waals surface area (Å²) in [6, 6.07) is 8.32. The summed E-state index contributed by atoms with van der Waals surface area (Å²) in [5.41, 5.74) is 0.695. The summed E-state index contributed by atoms with van der Waals surface area (Å²) < 4.78 is 41.4. The van der Waals surface area contributed by atoms with Crippen molar-refractivity contribution >= 4 is 21.6 Å². The lowest BCUT2D eigenvalue weighted by atomic mass is 10.1. The van der Waals surface area contributed by atoms with Crippen LogP contribution in [0.3, 0.4) is 0 Å². The molecule has 1 aromatic carbocycles. The third-order valence-electron chi connectivity index (χ3n) is 4.49. The predicted molar refractivity (Wildman–Crippen MR) is 105 cm³/mol. The number of rotatable bonds is 7. The lowest BCUT2D eigenvalue weighted by molar-refractivity contribution is 0.0932. The van der Waals surface area contributed by atoms with Gasteiger partial charge in [-0.05, 0) is 36.8 Å². The van der Waals surface area contributed by atoms with E-state index in [1.807, 2.05) is 19.1 Å². The molecule has 0 saturated carbocycles. The lowest BCUT2D eigenvalue weighted by Crippen LogP contribution is -2.30. The van der Waals surface area contributed by atoms with Gasteiger partial charge in [0.15, 0.2) is 11.5 Å². The van der Waals surface area contributed by atoms with E-state index in [0.717, 1.165) is 22.9 Å². The Morgan fingerprint density at radius 3 is 2.69 bits per heavy atom. The van der Waals surface area contributed by atoms with Gasteiger partial charge in [-0.2, -0.15) is 0 Å². The first-order valence-corrected chi connectivity index (χ1v) is 10.5. The number of carbonyl (C=O) groups excluding carboxylic acids is 1. The van der Waals surface area contributed by atoms with Crippen LogP contribution in [0.4, 0.5) is 4.39 Å². The van der Waals surface area contributed by atoms with E-state index in [2.05, 4.69) is 15.5 Å². The molecule has 0 aliphatic heterocycles. The standard InChI is InChI=1S/C19H22FN5O3S/c1-4-7-15(18-23-22-17-8-5-6-11-25(17)18)21-19(26)13-9-10-14(20)16(12-13)29(27,28)24(2)3/h5-6,8-12,15H,4,7H2,1-3H3,(H,21,26). The Balaban J connectivity index is 1.93. The lowest BCUT2D eigenvalue weighted by Gasteiger charge is -2.17. The van der Waals surface area contributed by atoms with E-state index >= 15 is 0 Å². The van der Waals surface area contributed by atoms with Crippen LogP contribution < -0.4 is 5.32 Å². The normalized spacial score (nSPS) is 13.0. The number of benzene rings is 1. The van der Waals surface area contributed by atoms with Crippen LogP contribution in [0, 0.1) is 5.82 Å². The number of hydrogen-bond donors (Lipinski definition) is 1. The van der Waals surface area contributed by atoms with E-state index in [1.165, 1.54) is 20.2 Å². The molecule has 3 aromatic rings. The van der Waals surface area contributed by atoms with E-state index in [-0.39, 0.29) is 5.56 Å². The first kappa shape index (κ1) is 20.9. The Labute approximate surface area is 168 Å². The summed E-state index contributed by atoms with van der Waals surface area (Å²) in [6.07, 6.45) is 3.18. The molecule has 0 spiro atoms. The zero-order chi connectivity index (χ0) is 21.2. The van der Waals surface area contributed by atoms with Gasteiger partial charge in [-0.3, -0.25) is 9.20 Å². The van der Waals surface area contributed by atoms with Crippen LogP contribution >= 0.6 is 0 Å². The zero-order valence-electron chi connectivity index (χ0n) is 16.3. The predicted octanol–water partition coefficient (Wildman–Crippen LogP) is 2.39. The fraction of sp³-hybridized carbons (Fsp3) is 0.316. The van der Waals surface area contributed by atoms with Gasteiger partial charge < -0.3 is 5.32 Å². The van der Waals surface area contributed by atoms with Crippen molar-refractivity contribution in [1.29, 1.82) is 0 Å². The molecule has 0 aliphatic carbocycles. The highest BCUT2D eigenvalue weighted by atomic mass is 32.2. The second-order valence-electron chi connectivity index (χ2n) is 6.73. The highest BCUT2D eigenvalue weighted by molar-refractivity contribution is 7.89. The minimum absolute atomic E-state index is 0.0433. The maximum atomic E-state index is 14.1. The van der Waals surface area contributed by atoms with Crippen molar-refractivity contribution in [3.8, 4) is 0 Å². The third kappa shape index (κ3) is 4.13. The van der Waals surface area contributed by atoms with Gasteiger partial charge in [-0.1, -0.05) is 19.4 Å². The van der Waals surface area contributed by atoms with Crippen LogP contribution in [-0.4, -0.2) is 47.3 Å². The maximum absolute atomic E-state index is 14.1. The number of carbonyl (C=O) groups is 1. The van der Waals surface area contributed by atoms with Crippen molar-refractivity contribution < 1.29 is 17.6 Å². The molecule has 2 aromatic heterocycles. The second-order valence-corrected chi connectivity index (χ2v) is 8.85. The molecule has 0 radical (unpaired) electrons. The molecule has 3 rings (SSSR count). The van der Waals surface area contributed by atoms with Crippen molar-refractivity contribution in [1.82, 2.24) is 24.2 Å². The van der Waals surface area contributed by atoms with Gasteiger partial charge in [0.1, 0.15) is 10.7 Å². The number of halogens is 1. The van der Waals surface area contributed by atoms with Crippen molar-refractivity contribution in [2.24, 2.45) is 0 Å². The monoisotopic (exact) mass is 419 g/mol. The number of amides is 1. The molecular formula is C19H22FN5O3S. The van der Waals surface area contributed by atoms with Crippen LogP contribution in [0.25, 0.3) is 5.65 Å². The van der Waals surface area contributed by atoms with Crippen LogP contribution in [0.5, 0.6) is 0 Å². The minimum Gasteiger partial charge on any atom is -0.342 e. The smallest absolute Gasteiger partial charge is 0.251 e. The van der Waals surface area contributed by atoms with E-state index in [0.29, 0.717) is 17.9 Å². The molecule has 0 aliphatic rings. The van der Waals surface area contributed by atoms with Gasteiger partial charge in [0.05, 0.1) is 6.04 Å². The molecule has 1 unspecified atom stereocenters. The van der Waals surface area contributed by atoms with Crippen molar-refractivity contribution in [3.05, 3.63) is 59.8 Å². The van der Waals surface area contributed by atoms with Crippen LogP contribution in [-0.2, 0) is 10.0 Å². The van der Waals surface area contributed by atoms with Crippen LogP contribution in [0.15, 0.2) is 47.5 Å². The van der Waals surface area contributed by atoms with Gasteiger partial charge in [-0.25, -0.2) is 17.1 Å². The molecular weight excluding hydrogens is 397 g/mol. The average Bonchev–Trinajstić information content (AvgIpc) is 3.11. The van der Waals surface area contributed by atoms with Crippen molar-refractivity contribution in [3.63, 3.8) is 0 Å². The van der Waals surface area contributed by atoms with Gasteiger partial charge in [0.2, 0.25) is 10.0 Å². The molecule has 2 heterocycles. The maximum Gasteiger partial charge on any atom is 0.251 e. The Morgan fingerprint density at radius 1 is 1.24 bits per heavy atom. The third-order valence-corrected chi connectivity index (χ3v) is 6.32. The zero-order valence-corrected chi connectivity index (χ0v) is 17.1. The van der Waals surface area contributed by atoms with Gasteiger partial charge in [0, 0.05) is 25.9 Å². The van der Waals surface area contributed by atoms with Gasteiger partial charge in [0.25, 0.3) is 5.91 Å². The quantitative estimate of drug-likeness (QED) is 0.634. The number of aromatic nitrogens is 3. The summed E-state index contributed by atoms with van der Waals surface area (Å²) in [6.45, 7) is 1.97. The molecule has 10 heteroatoms. The molecule has 1 N–H and O–H groups in total. The summed E-state index contributed by atoms with van der Waals surface area (Å²) in [5, 5.41) is 11.2. The van der Waals surface area contributed by atoms with E-state index < -0.39 is 32.7 Å². The van der Waals surface area contributed by atoms with E-state index in [1.54, 1.807) is 16.7 Å². The molecule has 8 nitrogen and oxygen atoms in total. The SMILES string of the molecule is CCCC(NC(=O)c1ccc(F)c(S(=O)(=O)N(C)C)c1)c1nnc2ccccn12. The first-order valence-electron chi connectivity index (χ1n) is 9.08. The summed E-state index contributed by atoms with van der Waals surface area (Å²) >= 11 is 0. The molecule has 1 atom stereocenters. The Kier molecular flexibility index (Phi) is 5.94. The average molecular weight is 419 g/mol. The van der Waals surface area contributed by atoms with Crippen LogP contribution in [0.1, 0.15) is 42.0 Å². The Morgan fingerprint density at radius 2 is 2.00 bits per heavy atom. The van der Waals surface area contributed by atoms with E-state index in [9.17, 15) is 17.6 Å². The number of pyridine rings is 1. The number of fused-ring (bicyclic) bond motifs is 1. The molecule has 154 valence electrons. The number of nitrogens with zero attached hydrogens (tertiary/aromatic N) is 4. The number of hydrogen-bond acceptors (Lipinski definition) is 5. The molecule has 0 bridgehead atoms. The summed E-state index contributed by atoms with van der Waals surface area (Å²) in [4.78, 5) is 12.3. The molecule has 1 amide bonds. The van der Waals surface area contributed by atoms with Gasteiger partial charge >= 0.3 is 0 Å².